The molecular formula is C15H21Br. The fourth-order valence-corrected chi connectivity index (χ4v) is 8.79. The Balaban J connectivity index is 1.77. The Morgan fingerprint density at radius 2 is 1.50 bits per heavy atom. The van der Waals surface area contributed by atoms with Crippen molar-refractivity contribution in [3.8, 4) is 0 Å². The molecule has 0 spiro atoms. The minimum absolute atomic E-state index is 0.573. The summed E-state index contributed by atoms with van der Waals surface area (Å²) in [7, 11) is 0. The summed E-state index contributed by atoms with van der Waals surface area (Å²) in [4.78, 5) is 0. The van der Waals surface area contributed by atoms with Gasteiger partial charge in [-0.05, 0) is 79.4 Å². The Labute approximate surface area is 107 Å². The minimum Gasteiger partial charge on any atom is -0.0844 e. The zero-order valence-corrected chi connectivity index (χ0v) is 11.7. The van der Waals surface area contributed by atoms with Crippen molar-refractivity contribution >= 4 is 15.9 Å². The minimum atomic E-state index is 0.573. The van der Waals surface area contributed by atoms with Gasteiger partial charge in [-0.3, -0.25) is 0 Å². The second-order valence-electron chi connectivity index (χ2n) is 7.90. The highest BCUT2D eigenvalue weighted by atomic mass is 79.9. The average molecular weight is 281 g/mol. The number of rotatable bonds is 0. The fraction of sp³-hybridized carbons (Fsp3) is 1.00. The highest BCUT2D eigenvalue weighted by molar-refractivity contribution is 9.10. The Morgan fingerprint density at radius 3 is 2.31 bits per heavy atom. The van der Waals surface area contributed by atoms with Crippen LogP contribution in [-0.2, 0) is 0 Å². The molecular weight excluding hydrogens is 260 g/mol. The molecule has 7 saturated carbocycles. The van der Waals surface area contributed by atoms with E-state index in [0.29, 0.717) is 9.74 Å². The van der Waals surface area contributed by atoms with E-state index in [1.165, 1.54) is 6.42 Å². The van der Waals surface area contributed by atoms with Crippen LogP contribution in [0.3, 0.4) is 0 Å². The van der Waals surface area contributed by atoms with Crippen LogP contribution in [0.5, 0.6) is 0 Å². The third kappa shape index (κ3) is 0.744. The van der Waals surface area contributed by atoms with Crippen molar-refractivity contribution in [1.29, 1.82) is 0 Å². The summed E-state index contributed by atoms with van der Waals surface area (Å²) >= 11 is 4.30. The normalized spacial score (nSPS) is 73.9. The van der Waals surface area contributed by atoms with Crippen LogP contribution in [0.25, 0.3) is 0 Å². The molecule has 8 bridgehead atoms. The summed E-state index contributed by atoms with van der Waals surface area (Å²) in [6, 6.07) is 0. The van der Waals surface area contributed by atoms with Crippen molar-refractivity contribution in [3.05, 3.63) is 0 Å². The zero-order chi connectivity index (χ0) is 10.7. The van der Waals surface area contributed by atoms with Crippen LogP contribution in [0, 0.1) is 40.9 Å². The maximum atomic E-state index is 4.30. The summed E-state index contributed by atoms with van der Waals surface area (Å²) in [5.41, 5.74) is 0.678. The van der Waals surface area contributed by atoms with E-state index in [9.17, 15) is 0 Å². The van der Waals surface area contributed by atoms with Crippen molar-refractivity contribution in [3.63, 3.8) is 0 Å². The molecule has 8 unspecified atom stereocenters. The largest absolute Gasteiger partial charge is 0.0844 e. The lowest BCUT2D eigenvalue weighted by Crippen LogP contribution is -2.73. The third-order valence-electron chi connectivity index (χ3n) is 7.62. The molecule has 7 aliphatic rings. The van der Waals surface area contributed by atoms with Crippen molar-refractivity contribution in [2.45, 2.75) is 49.8 Å². The molecule has 7 fully saturated rings. The first-order valence-electron chi connectivity index (χ1n) is 7.31. The third-order valence-corrected chi connectivity index (χ3v) is 9.44. The first-order valence-corrected chi connectivity index (χ1v) is 8.10. The molecule has 0 saturated heterocycles. The summed E-state index contributed by atoms with van der Waals surface area (Å²) in [5.74, 6) is 6.61. The molecule has 16 heavy (non-hydrogen) atoms. The highest BCUT2D eigenvalue weighted by Gasteiger charge is 2.73. The molecule has 88 valence electrons. The van der Waals surface area contributed by atoms with Gasteiger partial charge in [0.25, 0.3) is 0 Å². The predicted octanol–water partition coefficient (Wildman–Crippen LogP) is 4.23. The molecule has 0 radical (unpaired) electrons. The molecule has 0 amide bonds. The summed E-state index contributed by atoms with van der Waals surface area (Å²) in [6.07, 6.45) is 9.43. The molecule has 0 heterocycles. The molecule has 7 rings (SSSR count). The topological polar surface area (TPSA) is 0 Å². The van der Waals surface area contributed by atoms with E-state index in [1.54, 1.807) is 32.1 Å². The maximum absolute atomic E-state index is 4.30. The summed E-state index contributed by atoms with van der Waals surface area (Å²) in [6.45, 7) is 2.65. The van der Waals surface area contributed by atoms with Crippen molar-refractivity contribution in [2.24, 2.45) is 40.9 Å². The molecule has 0 aliphatic heterocycles. The molecule has 0 aromatic rings. The van der Waals surface area contributed by atoms with Gasteiger partial charge in [-0.1, -0.05) is 22.9 Å². The van der Waals surface area contributed by atoms with E-state index in [0.717, 1.165) is 35.5 Å². The van der Waals surface area contributed by atoms with Crippen LogP contribution in [0.1, 0.15) is 45.4 Å². The number of halogens is 1. The van der Waals surface area contributed by atoms with E-state index < -0.39 is 0 Å². The molecule has 7 aliphatic carbocycles. The van der Waals surface area contributed by atoms with Crippen molar-refractivity contribution in [2.75, 3.05) is 0 Å². The van der Waals surface area contributed by atoms with Crippen molar-refractivity contribution < 1.29 is 0 Å². The number of hydrogen-bond acceptors (Lipinski definition) is 0. The van der Waals surface area contributed by atoms with Crippen LogP contribution in [0.15, 0.2) is 0 Å². The fourth-order valence-electron chi connectivity index (χ4n) is 7.35. The standard InChI is InChI=1S/C15H21Br/c1-14-6-8-2-10-11-3-9(4-12(10)14)7-15(14,16)13(11)5-8/h8-13H,2-7H2,1H3. The predicted molar refractivity (Wildman–Crippen MR) is 68.4 cm³/mol. The van der Waals surface area contributed by atoms with E-state index in [1.807, 2.05) is 0 Å². The van der Waals surface area contributed by atoms with Gasteiger partial charge in [0, 0.05) is 4.32 Å². The summed E-state index contributed by atoms with van der Waals surface area (Å²) in [5, 5.41) is 0. The second kappa shape index (κ2) is 2.44. The maximum Gasteiger partial charge on any atom is 0.0347 e. The molecule has 8 atom stereocenters. The van der Waals surface area contributed by atoms with Gasteiger partial charge in [0.1, 0.15) is 0 Å². The lowest BCUT2D eigenvalue weighted by Gasteiger charge is -2.77. The van der Waals surface area contributed by atoms with E-state index in [-0.39, 0.29) is 0 Å². The van der Waals surface area contributed by atoms with Crippen LogP contribution in [0.4, 0.5) is 0 Å². The average Bonchev–Trinajstić information content (AvgIpc) is 2.25. The Morgan fingerprint density at radius 1 is 0.875 bits per heavy atom. The first kappa shape index (κ1) is 9.42. The molecule has 1 heteroatoms. The molecule has 0 nitrogen and oxygen atoms in total. The van der Waals surface area contributed by atoms with Gasteiger partial charge >= 0.3 is 0 Å². The zero-order valence-electron chi connectivity index (χ0n) is 10.1. The second-order valence-corrected chi connectivity index (χ2v) is 9.32. The molecule has 0 aromatic heterocycles. The number of hydrogen-bond donors (Lipinski definition) is 0. The SMILES string of the molecule is CC12CC3CC4C5CC(CC41)CC2(Br)C5C3. The van der Waals surface area contributed by atoms with Gasteiger partial charge in [-0.15, -0.1) is 0 Å². The monoisotopic (exact) mass is 280 g/mol. The Bertz CT molecular complexity index is 342. The summed E-state index contributed by atoms with van der Waals surface area (Å²) < 4.78 is 0.573. The van der Waals surface area contributed by atoms with E-state index in [4.69, 9.17) is 0 Å². The van der Waals surface area contributed by atoms with Gasteiger partial charge in [0.2, 0.25) is 0 Å². The van der Waals surface area contributed by atoms with Crippen LogP contribution in [-0.4, -0.2) is 4.32 Å². The lowest BCUT2D eigenvalue weighted by molar-refractivity contribution is -0.229. The van der Waals surface area contributed by atoms with Gasteiger partial charge < -0.3 is 0 Å². The Hall–Kier alpha value is 0.480. The quantitative estimate of drug-likeness (QED) is 0.583. The van der Waals surface area contributed by atoms with Gasteiger partial charge in [-0.2, -0.15) is 0 Å². The Kier molecular flexibility index (Phi) is 1.44. The van der Waals surface area contributed by atoms with Crippen LogP contribution in [0.2, 0.25) is 0 Å². The van der Waals surface area contributed by atoms with Crippen LogP contribution >= 0.6 is 15.9 Å². The lowest BCUT2D eigenvalue weighted by atomic mass is 9.31. The van der Waals surface area contributed by atoms with Gasteiger partial charge in [0.05, 0.1) is 0 Å². The smallest absolute Gasteiger partial charge is 0.0347 e. The van der Waals surface area contributed by atoms with Crippen LogP contribution < -0.4 is 0 Å². The highest BCUT2D eigenvalue weighted by Crippen LogP contribution is 2.79. The van der Waals surface area contributed by atoms with Crippen molar-refractivity contribution in [1.82, 2.24) is 0 Å². The van der Waals surface area contributed by atoms with Gasteiger partial charge in [0.15, 0.2) is 0 Å². The number of alkyl halides is 1. The molecule has 0 aromatic carbocycles. The van der Waals surface area contributed by atoms with E-state index in [2.05, 4.69) is 22.9 Å². The molecule has 0 N–H and O–H groups in total. The van der Waals surface area contributed by atoms with E-state index >= 15 is 0 Å². The van der Waals surface area contributed by atoms with Gasteiger partial charge in [-0.25, -0.2) is 0 Å². The first-order chi connectivity index (χ1) is 7.62.